The lowest BCUT2D eigenvalue weighted by atomic mass is 9.67. The molecule has 1 amide bonds. The van der Waals surface area contributed by atoms with Gasteiger partial charge in [-0.1, -0.05) is 38.1 Å². The number of nitrogens with one attached hydrogen (secondary N) is 1. The van der Waals surface area contributed by atoms with Gasteiger partial charge >= 0.3 is 5.97 Å². The van der Waals surface area contributed by atoms with Crippen LogP contribution in [-0.2, 0) is 19.1 Å². The summed E-state index contributed by atoms with van der Waals surface area (Å²) >= 11 is 0. The summed E-state index contributed by atoms with van der Waals surface area (Å²) in [4.78, 5) is 41.1. The van der Waals surface area contributed by atoms with E-state index in [2.05, 4.69) is 19.2 Å². The zero-order valence-electron chi connectivity index (χ0n) is 17.3. The van der Waals surface area contributed by atoms with Crippen LogP contribution in [0.4, 0.5) is 0 Å². The van der Waals surface area contributed by atoms with Crippen LogP contribution >= 0.6 is 0 Å². The Hall–Kier alpha value is -2.89. The number of carbonyl (C=O) groups excluding carboxylic acids is 3. The molecule has 1 aliphatic carbocycles. The molecular weight excluding hydrogens is 368 g/mol. The molecule has 0 aromatic heterocycles. The molecule has 0 bridgehead atoms. The molecule has 0 radical (unpaired) electrons. The van der Waals surface area contributed by atoms with E-state index in [-0.39, 0.29) is 22.7 Å². The highest BCUT2D eigenvalue weighted by molar-refractivity contribution is 6.09. The highest BCUT2D eigenvalue weighted by Gasteiger charge is 2.48. The molecule has 2 heterocycles. The molecule has 29 heavy (non-hydrogen) atoms. The third-order valence-electron chi connectivity index (χ3n) is 6.07. The van der Waals surface area contributed by atoms with E-state index in [1.165, 1.54) is 7.11 Å². The van der Waals surface area contributed by atoms with Crippen LogP contribution in [0.2, 0.25) is 0 Å². The summed E-state index contributed by atoms with van der Waals surface area (Å²) < 4.78 is 5.10. The third kappa shape index (κ3) is 3.07. The van der Waals surface area contributed by atoms with Crippen molar-refractivity contribution < 1.29 is 19.1 Å². The second-order valence-corrected chi connectivity index (χ2v) is 8.75. The predicted octanol–water partition coefficient (Wildman–Crippen LogP) is 2.59. The van der Waals surface area contributed by atoms with Crippen molar-refractivity contribution in [2.75, 3.05) is 20.2 Å². The minimum atomic E-state index is -0.600. The average Bonchev–Trinajstić information content (AvgIpc) is 2.66. The number of ketones is 1. The van der Waals surface area contributed by atoms with E-state index in [9.17, 15) is 14.4 Å². The molecule has 1 aromatic carbocycles. The standard InChI is InChI=1S/C23H26N2O4/c1-13-7-5-6-8-14(13)17-18-15(11-23(2,3)12-16(18)26)25-10-9-24-21(27)20(25)19(17)22(28)29-4/h5-8,17H,9-12H2,1-4H3,(H,24,27)/t17-/m0/s1. The first-order chi connectivity index (χ1) is 13.7. The fourth-order valence-corrected chi connectivity index (χ4v) is 4.83. The normalized spacial score (nSPS) is 23.4. The predicted molar refractivity (Wildman–Crippen MR) is 108 cm³/mol. The number of nitrogens with zero attached hydrogens (tertiary/aromatic N) is 1. The van der Waals surface area contributed by atoms with E-state index in [1.54, 1.807) is 0 Å². The summed E-state index contributed by atoms with van der Waals surface area (Å²) in [5.41, 5.74) is 3.71. The van der Waals surface area contributed by atoms with Gasteiger partial charge in [0.25, 0.3) is 5.91 Å². The Bertz CT molecular complexity index is 986. The van der Waals surface area contributed by atoms with Crippen LogP contribution in [0.1, 0.15) is 43.7 Å². The molecule has 152 valence electrons. The summed E-state index contributed by atoms with van der Waals surface area (Å²) in [5, 5.41) is 2.85. The Balaban J connectivity index is 2.05. The van der Waals surface area contributed by atoms with Crippen LogP contribution in [0.5, 0.6) is 0 Å². The Kier molecular flexibility index (Phi) is 4.60. The summed E-state index contributed by atoms with van der Waals surface area (Å²) in [6.07, 6.45) is 1.10. The van der Waals surface area contributed by atoms with Crippen molar-refractivity contribution >= 4 is 17.7 Å². The molecule has 1 N–H and O–H groups in total. The molecule has 0 unspecified atom stereocenters. The van der Waals surface area contributed by atoms with Crippen LogP contribution in [0.15, 0.2) is 46.8 Å². The molecule has 6 nitrogen and oxygen atoms in total. The molecular formula is C23H26N2O4. The van der Waals surface area contributed by atoms with Crippen LogP contribution in [0, 0.1) is 12.3 Å². The lowest BCUT2D eigenvalue weighted by molar-refractivity contribution is -0.137. The first-order valence-electron chi connectivity index (χ1n) is 9.95. The molecule has 6 heteroatoms. The van der Waals surface area contributed by atoms with Crippen LogP contribution in [-0.4, -0.2) is 42.8 Å². The second-order valence-electron chi connectivity index (χ2n) is 8.75. The van der Waals surface area contributed by atoms with Gasteiger partial charge in [-0.05, 0) is 29.9 Å². The number of hydrogen-bond donors (Lipinski definition) is 1. The van der Waals surface area contributed by atoms with Gasteiger partial charge in [-0.3, -0.25) is 9.59 Å². The zero-order chi connectivity index (χ0) is 20.9. The minimum Gasteiger partial charge on any atom is -0.466 e. The van der Waals surface area contributed by atoms with Crippen molar-refractivity contribution in [3.8, 4) is 0 Å². The topological polar surface area (TPSA) is 75.7 Å². The number of amides is 1. The Morgan fingerprint density at radius 1 is 1.21 bits per heavy atom. The third-order valence-corrected chi connectivity index (χ3v) is 6.07. The van der Waals surface area contributed by atoms with Crippen molar-refractivity contribution in [3.63, 3.8) is 0 Å². The molecule has 1 aromatic rings. The number of benzene rings is 1. The lowest BCUT2D eigenvalue weighted by Crippen LogP contribution is -2.51. The average molecular weight is 394 g/mol. The van der Waals surface area contributed by atoms with Gasteiger partial charge in [-0.15, -0.1) is 0 Å². The molecule has 1 saturated heterocycles. The van der Waals surface area contributed by atoms with Gasteiger partial charge in [-0.25, -0.2) is 4.79 Å². The van der Waals surface area contributed by atoms with Gasteiger partial charge in [-0.2, -0.15) is 0 Å². The molecule has 2 aliphatic heterocycles. The monoisotopic (exact) mass is 394 g/mol. The Morgan fingerprint density at radius 3 is 2.62 bits per heavy atom. The molecule has 3 aliphatic rings. The molecule has 0 saturated carbocycles. The van der Waals surface area contributed by atoms with E-state index >= 15 is 0 Å². The van der Waals surface area contributed by atoms with E-state index in [4.69, 9.17) is 4.74 Å². The molecule has 0 spiro atoms. The summed E-state index contributed by atoms with van der Waals surface area (Å²) in [6.45, 7) is 7.10. The van der Waals surface area contributed by atoms with Crippen LogP contribution in [0.25, 0.3) is 0 Å². The van der Waals surface area contributed by atoms with Crippen molar-refractivity contribution in [2.24, 2.45) is 5.41 Å². The first kappa shape index (κ1) is 19.4. The van der Waals surface area contributed by atoms with Gasteiger partial charge in [0.15, 0.2) is 5.78 Å². The molecule has 4 rings (SSSR count). The molecule has 1 fully saturated rings. The molecule has 1 atom stereocenters. The number of Topliss-reactive ketones (excluding diaryl/α,β-unsaturated/α-hetero) is 1. The van der Waals surface area contributed by atoms with E-state index in [1.807, 2.05) is 36.1 Å². The Labute approximate surface area is 170 Å². The number of fused-ring (bicyclic) bond motifs is 2. The second kappa shape index (κ2) is 6.87. The van der Waals surface area contributed by atoms with E-state index < -0.39 is 11.9 Å². The maximum absolute atomic E-state index is 13.4. The lowest BCUT2D eigenvalue weighted by Gasteiger charge is -2.46. The van der Waals surface area contributed by atoms with Crippen molar-refractivity contribution in [2.45, 2.75) is 39.5 Å². The van der Waals surface area contributed by atoms with Gasteiger partial charge in [0, 0.05) is 36.7 Å². The SMILES string of the molecule is COC(=O)C1=C2C(=O)NCCN2C2=C(C(=O)CC(C)(C)C2)[C@@H]1c1ccccc1C. The fourth-order valence-electron chi connectivity index (χ4n) is 4.83. The zero-order valence-corrected chi connectivity index (χ0v) is 17.3. The minimum absolute atomic E-state index is 0.0379. The number of allylic oxidation sites excluding steroid dienone is 2. The summed E-state index contributed by atoms with van der Waals surface area (Å²) in [7, 11) is 1.31. The number of methoxy groups -OCH3 is 1. The maximum atomic E-state index is 13.4. The maximum Gasteiger partial charge on any atom is 0.337 e. The highest BCUT2D eigenvalue weighted by atomic mass is 16.5. The van der Waals surface area contributed by atoms with Gasteiger partial charge < -0.3 is 15.0 Å². The van der Waals surface area contributed by atoms with Crippen molar-refractivity contribution in [1.82, 2.24) is 10.2 Å². The summed E-state index contributed by atoms with van der Waals surface area (Å²) in [6, 6.07) is 7.71. The smallest absolute Gasteiger partial charge is 0.337 e. The van der Waals surface area contributed by atoms with Crippen LogP contribution in [0.3, 0.4) is 0 Å². The number of piperazine rings is 1. The quantitative estimate of drug-likeness (QED) is 0.781. The Morgan fingerprint density at radius 2 is 1.93 bits per heavy atom. The first-order valence-corrected chi connectivity index (χ1v) is 9.95. The van der Waals surface area contributed by atoms with Gasteiger partial charge in [0.2, 0.25) is 0 Å². The van der Waals surface area contributed by atoms with E-state index in [0.29, 0.717) is 37.2 Å². The van der Waals surface area contributed by atoms with Crippen molar-refractivity contribution in [1.29, 1.82) is 0 Å². The highest BCUT2D eigenvalue weighted by Crippen LogP contribution is 2.50. The number of carbonyl (C=O) groups is 3. The van der Waals surface area contributed by atoms with Gasteiger partial charge in [0.05, 0.1) is 12.7 Å². The number of ether oxygens (including phenoxy) is 1. The van der Waals surface area contributed by atoms with E-state index in [0.717, 1.165) is 16.8 Å². The fraction of sp³-hybridized carbons (Fsp3) is 0.435. The largest absolute Gasteiger partial charge is 0.466 e. The number of esters is 1. The summed E-state index contributed by atoms with van der Waals surface area (Å²) in [5.74, 6) is -1.43. The van der Waals surface area contributed by atoms with Crippen LogP contribution < -0.4 is 5.32 Å². The number of rotatable bonds is 2. The van der Waals surface area contributed by atoms with Gasteiger partial charge in [0.1, 0.15) is 5.70 Å². The van der Waals surface area contributed by atoms with Crippen molar-refractivity contribution in [3.05, 3.63) is 57.9 Å². The number of aryl methyl sites for hydroxylation is 1. The number of hydrogen-bond acceptors (Lipinski definition) is 5.